The molecule has 10 heteroatoms. The quantitative estimate of drug-likeness (QED) is 0.753. The highest BCUT2D eigenvalue weighted by atomic mass is 32.2. The molecule has 0 aliphatic carbocycles. The summed E-state index contributed by atoms with van der Waals surface area (Å²) in [6.07, 6.45) is -5.19. The number of benzene rings is 1. The number of ether oxygens (including phenoxy) is 1. The fourth-order valence-corrected chi connectivity index (χ4v) is 5.16. The highest BCUT2D eigenvalue weighted by Crippen LogP contribution is 2.28. The topological polar surface area (TPSA) is 66.9 Å². The van der Waals surface area contributed by atoms with Crippen molar-refractivity contribution in [3.05, 3.63) is 29.3 Å². The molecule has 2 unspecified atom stereocenters. The van der Waals surface area contributed by atoms with Crippen LogP contribution in [0.4, 0.5) is 13.2 Å². The van der Waals surface area contributed by atoms with Crippen molar-refractivity contribution in [2.24, 2.45) is 0 Å². The van der Waals surface area contributed by atoms with Crippen molar-refractivity contribution in [1.82, 2.24) is 9.21 Å². The molecule has 2 aliphatic rings. The maximum absolute atomic E-state index is 12.9. The van der Waals surface area contributed by atoms with Crippen LogP contribution >= 0.6 is 0 Å². The number of halogens is 3. The Hall–Kier alpha value is -1.65. The average molecular weight is 406 g/mol. The molecular formula is C17H21F3N2O4S. The van der Waals surface area contributed by atoms with E-state index in [1.54, 1.807) is 19.9 Å². The number of amides is 1. The maximum Gasteiger partial charge on any atom is 0.471 e. The summed E-state index contributed by atoms with van der Waals surface area (Å²) in [7, 11) is -3.80. The van der Waals surface area contributed by atoms with Crippen molar-refractivity contribution in [3.63, 3.8) is 0 Å². The first-order chi connectivity index (χ1) is 12.5. The molecule has 0 bridgehead atoms. The Bertz CT molecular complexity index is 831. The van der Waals surface area contributed by atoms with Crippen LogP contribution in [0.2, 0.25) is 0 Å². The summed E-state index contributed by atoms with van der Waals surface area (Å²) in [6.45, 7) is 3.69. The fourth-order valence-electron chi connectivity index (χ4n) is 3.52. The van der Waals surface area contributed by atoms with Crippen molar-refractivity contribution in [1.29, 1.82) is 0 Å². The molecule has 2 heterocycles. The minimum atomic E-state index is -4.94. The van der Waals surface area contributed by atoms with Gasteiger partial charge < -0.3 is 9.64 Å². The number of rotatable bonds is 2. The van der Waals surface area contributed by atoms with E-state index in [0.717, 1.165) is 5.56 Å². The monoisotopic (exact) mass is 406 g/mol. The minimum Gasteiger partial charge on any atom is -0.373 e. The molecule has 1 amide bonds. The van der Waals surface area contributed by atoms with Gasteiger partial charge in [0.05, 0.1) is 17.1 Å². The molecular weight excluding hydrogens is 385 g/mol. The molecule has 0 saturated carbocycles. The van der Waals surface area contributed by atoms with Crippen LogP contribution in [0.15, 0.2) is 23.1 Å². The zero-order valence-electron chi connectivity index (χ0n) is 15.0. The average Bonchev–Trinajstić information content (AvgIpc) is 2.58. The molecule has 6 nitrogen and oxygen atoms in total. The number of carbonyl (C=O) groups excluding carboxylic acids is 1. The molecule has 0 spiro atoms. The van der Waals surface area contributed by atoms with E-state index in [1.165, 1.54) is 16.4 Å². The SMILES string of the molecule is CC1CN(S(=O)(=O)c2ccc3c(c2)CN(C(=O)C(F)(F)F)CC3)CC(C)O1. The lowest BCUT2D eigenvalue weighted by molar-refractivity contribution is -0.186. The van der Waals surface area contributed by atoms with Crippen molar-refractivity contribution < 1.29 is 31.1 Å². The predicted octanol–water partition coefficient (Wildman–Crippen LogP) is 1.93. The maximum atomic E-state index is 12.9. The van der Waals surface area contributed by atoms with Crippen LogP contribution in [-0.2, 0) is 32.5 Å². The molecule has 1 saturated heterocycles. The van der Waals surface area contributed by atoms with E-state index in [1.807, 2.05) is 0 Å². The number of carbonyl (C=O) groups is 1. The number of morpholine rings is 1. The predicted molar refractivity (Wildman–Crippen MR) is 90.4 cm³/mol. The molecule has 1 fully saturated rings. The Kier molecular flexibility index (Phi) is 5.26. The Morgan fingerprint density at radius 1 is 1.15 bits per heavy atom. The summed E-state index contributed by atoms with van der Waals surface area (Å²) in [6, 6.07) is 4.47. The zero-order valence-corrected chi connectivity index (χ0v) is 15.8. The van der Waals surface area contributed by atoms with E-state index in [-0.39, 0.29) is 49.7 Å². The molecule has 2 aliphatic heterocycles. The largest absolute Gasteiger partial charge is 0.471 e. The first-order valence-electron chi connectivity index (χ1n) is 8.62. The third-order valence-corrected chi connectivity index (χ3v) is 6.57. The molecule has 2 atom stereocenters. The van der Waals surface area contributed by atoms with Crippen LogP contribution in [-0.4, -0.2) is 61.5 Å². The third-order valence-electron chi connectivity index (χ3n) is 4.74. The van der Waals surface area contributed by atoms with Crippen LogP contribution in [0.3, 0.4) is 0 Å². The van der Waals surface area contributed by atoms with Gasteiger partial charge in [0.2, 0.25) is 10.0 Å². The Morgan fingerprint density at radius 2 is 1.78 bits per heavy atom. The molecule has 150 valence electrons. The van der Waals surface area contributed by atoms with E-state index in [2.05, 4.69) is 0 Å². The van der Waals surface area contributed by atoms with Crippen LogP contribution < -0.4 is 0 Å². The summed E-state index contributed by atoms with van der Waals surface area (Å²) in [5.74, 6) is -1.91. The molecule has 27 heavy (non-hydrogen) atoms. The van der Waals surface area contributed by atoms with Gasteiger partial charge in [0.25, 0.3) is 0 Å². The number of alkyl halides is 3. The number of hydrogen-bond acceptors (Lipinski definition) is 4. The van der Waals surface area contributed by atoms with Crippen LogP contribution in [0.5, 0.6) is 0 Å². The van der Waals surface area contributed by atoms with Crippen LogP contribution in [0.25, 0.3) is 0 Å². The van der Waals surface area contributed by atoms with Gasteiger partial charge in [-0.25, -0.2) is 8.42 Å². The van der Waals surface area contributed by atoms with Crippen molar-refractivity contribution in [3.8, 4) is 0 Å². The van der Waals surface area contributed by atoms with E-state index < -0.39 is 22.1 Å². The van der Waals surface area contributed by atoms with Crippen LogP contribution in [0, 0.1) is 0 Å². The molecule has 0 radical (unpaired) electrons. The van der Waals surface area contributed by atoms with Crippen LogP contribution in [0.1, 0.15) is 25.0 Å². The third kappa shape index (κ3) is 4.12. The highest BCUT2D eigenvalue weighted by Gasteiger charge is 2.43. The lowest BCUT2D eigenvalue weighted by atomic mass is 10.00. The first-order valence-corrected chi connectivity index (χ1v) is 10.1. The van der Waals surface area contributed by atoms with Gasteiger partial charge in [-0.15, -0.1) is 0 Å². The second kappa shape index (κ2) is 7.06. The Morgan fingerprint density at radius 3 is 2.37 bits per heavy atom. The molecule has 1 aromatic rings. The van der Waals surface area contributed by atoms with Gasteiger partial charge in [0, 0.05) is 26.2 Å². The lowest BCUT2D eigenvalue weighted by Crippen LogP contribution is -2.48. The zero-order chi connectivity index (χ0) is 20.0. The number of nitrogens with zero attached hydrogens (tertiary/aromatic N) is 2. The van der Waals surface area contributed by atoms with Gasteiger partial charge in [-0.3, -0.25) is 4.79 Å². The number of sulfonamides is 1. The minimum absolute atomic E-state index is 0.0175. The van der Waals surface area contributed by atoms with Crippen molar-refractivity contribution >= 4 is 15.9 Å². The van der Waals surface area contributed by atoms with Gasteiger partial charge >= 0.3 is 12.1 Å². The molecule has 0 N–H and O–H groups in total. The van der Waals surface area contributed by atoms with Gasteiger partial charge in [0.15, 0.2) is 0 Å². The number of fused-ring (bicyclic) bond motifs is 1. The first kappa shape index (κ1) is 20.1. The highest BCUT2D eigenvalue weighted by molar-refractivity contribution is 7.89. The number of hydrogen-bond donors (Lipinski definition) is 0. The van der Waals surface area contributed by atoms with Gasteiger partial charge in [-0.1, -0.05) is 6.07 Å². The molecule has 1 aromatic carbocycles. The van der Waals surface area contributed by atoms with Gasteiger partial charge in [0.1, 0.15) is 0 Å². The van der Waals surface area contributed by atoms with E-state index in [4.69, 9.17) is 4.74 Å². The van der Waals surface area contributed by atoms with Crippen molar-refractivity contribution in [2.75, 3.05) is 19.6 Å². The normalized spacial score (nSPS) is 24.6. The summed E-state index contributed by atoms with van der Waals surface area (Å²) >= 11 is 0. The summed E-state index contributed by atoms with van der Waals surface area (Å²) in [5.41, 5.74) is 1.18. The lowest BCUT2D eigenvalue weighted by Gasteiger charge is -2.35. The summed E-state index contributed by atoms with van der Waals surface area (Å²) in [4.78, 5) is 12.2. The van der Waals surface area contributed by atoms with Gasteiger partial charge in [-0.2, -0.15) is 17.5 Å². The second-order valence-electron chi connectivity index (χ2n) is 6.98. The standard InChI is InChI=1S/C17H21F3N2O4S/c1-11-8-22(9-12(2)26-11)27(24,25)15-4-3-13-5-6-21(10-14(13)7-15)16(23)17(18,19)20/h3-4,7,11-12H,5-6,8-10H2,1-2H3. The second-order valence-corrected chi connectivity index (χ2v) is 8.92. The fraction of sp³-hybridized carbons (Fsp3) is 0.588. The summed E-state index contributed by atoms with van der Waals surface area (Å²) in [5, 5.41) is 0. The Labute approximate surface area is 155 Å². The Balaban J connectivity index is 1.86. The van der Waals surface area contributed by atoms with Crippen molar-refractivity contribution in [2.45, 2.75) is 50.1 Å². The molecule has 3 rings (SSSR count). The van der Waals surface area contributed by atoms with E-state index in [0.29, 0.717) is 10.5 Å². The smallest absolute Gasteiger partial charge is 0.373 e. The van der Waals surface area contributed by atoms with E-state index in [9.17, 15) is 26.4 Å². The van der Waals surface area contributed by atoms with Gasteiger partial charge in [-0.05, 0) is 43.5 Å². The van der Waals surface area contributed by atoms with E-state index >= 15 is 0 Å². The molecule has 0 aromatic heterocycles. The summed E-state index contributed by atoms with van der Waals surface area (Å²) < 4.78 is 70.8.